The van der Waals surface area contributed by atoms with E-state index in [1.807, 2.05) is 0 Å². The van der Waals surface area contributed by atoms with Gasteiger partial charge in [0.15, 0.2) is 15.6 Å². The van der Waals surface area contributed by atoms with Crippen LogP contribution in [-0.4, -0.2) is 129 Å². The zero-order valence-corrected chi connectivity index (χ0v) is 40.4. The number of nitrogens with one attached hydrogen (secondary N) is 2. The molecule has 16 nitrogen and oxygen atoms in total. The third-order valence-corrected chi connectivity index (χ3v) is 14.9. The van der Waals surface area contributed by atoms with Gasteiger partial charge in [-0.15, -0.1) is 0 Å². The van der Waals surface area contributed by atoms with E-state index in [9.17, 15) is 41.3 Å². The third kappa shape index (κ3) is 11.7. The van der Waals surface area contributed by atoms with Crippen LogP contribution in [0.1, 0.15) is 54.6 Å². The second kappa shape index (κ2) is 20.7. The summed E-state index contributed by atoms with van der Waals surface area (Å²) in [5.74, 6) is -1.66. The molecule has 1 amide bonds. The Labute approximate surface area is 407 Å². The normalized spacial score (nSPS) is 18.0. The summed E-state index contributed by atoms with van der Waals surface area (Å²) in [4.78, 5) is 51.0. The SMILES string of the molecule is COCC(=O)N1CCOC(CNc2ccc(S(=O)(=O)CC(=O)c3ccc(N4CCN(CC5=C(c6ccc(C(F)(F)F)cc6Cl)CC(C)(C)CC5)CC4)cc3Oc3cnc4[nH]ccc4c3)cc2[N+](=O)[O-])C1. The number of H-pyrrole nitrogens is 1. The first-order valence-electron chi connectivity index (χ1n) is 22.7. The van der Waals surface area contributed by atoms with Gasteiger partial charge in [-0.2, -0.15) is 13.2 Å². The van der Waals surface area contributed by atoms with E-state index in [-0.39, 0.29) is 59.6 Å². The Morgan fingerprint density at radius 3 is 2.56 bits per heavy atom. The minimum atomic E-state index is -4.51. The fourth-order valence-electron chi connectivity index (χ4n) is 9.13. The first kappa shape index (κ1) is 50.3. The number of nitrogens with zero attached hydrogens (tertiary/aromatic N) is 5. The van der Waals surface area contributed by atoms with Crippen LogP contribution in [0, 0.1) is 15.5 Å². The zero-order chi connectivity index (χ0) is 50.0. The van der Waals surface area contributed by atoms with Gasteiger partial charge in [0.1, 0.15) is 35.2 Å². The number of alkyl halides is 3. The summed E-state index contributed by atoms with van der Waals surface area (Å²) in [6.07, 6.45) is 0.579. The molecule has 8 rings (SSSR count). The number of aromatic nitrogens is 2. The number of anilines is 2. The zero-order valence-electron chi connectivity index (χ0n) is 38.8. The maximum Gasteiger partial charge on any atom is 0.416 e. The highest BCUT2D eigenvalue weighted by Crippen LogP contribution is 2.46. The maximum absolute atomic E-state index is 14.1. The number of amides is 1. The van der Waals surface area contributed by atoms with Crippen molar-refractivity contribution < 1.29 is 50.3 Å². The molecule has 2 N–H and O–H groups in total. The lowest BCUT2D eigenvalue weighted by Crippen LogP contribution is -2.48. The predicted molar refractivity (Wildman–Crippen MR) is 258 cm³/mol. The van der Waals surface area contributed by atoms with Crippen molar-refractivity contribution in [3.8, 4) is 11.5 Å². The summed E-state index contributed by atoms with van der Waals surface area (Å²) in [7, 11) is -3.03. The molecule has 1 aliphatic carbocycles. The summed E-state index contributed by atoms with van der Waals surface area (Å²) in [5.41, 5.74) is 2.71. The number of hydrogen-bond donors (Lipinski definition) is 2. The number of ether oxygens (including phenoxy) is 3. The number of Topliss-reactive ketones (excluding diaryl/α,β-unsaturated/α-hetero) is 1. The molecule has 2 saturated heterocycles. The molecule has 3 aliphatic rings. The average Bonchev–Trinajstić information content (AvgIpc) is 3.79. The van der Waals surface area contributed by atoms with Gasteiger partial charge < -0.3 is 34.3 Å². The van der Waals surface area contributed by atoms with Crippen LogP contribution in [0.4, 0.5) is 30.2 Å². The fraction of sp³-hybridized carbons (Fsp3) is 0.408. The first-order chi connectivity index (χ1) is 33.3. The largest absolute Gasteiger partial charge is 0.455 e. The Morgan fingerprint density at radius 2 is 1.83 bits per heavy atom. The van der Waals surface area contributed by atoms with Gasteiger partial charge in [0, 0.05) is 93.9 Å². The van der Waals surface area contributed by atoms with Crippen molar-refractivity contribution >= 4 is 66.8 Å². The quantitative estimate of drug-likeness (QED) is 0.0543. The van der Waals surface area contributed by atoms with E-state index in [0.717, 1.165) is 47.6 Å². The number of fused-ring (bicyclic) bond motifs is 1. The van der Waals surface area contributed by atoms with Crippen molar-refractivity contribution in [2.45, 2.75) is 50.3 Å². The van der Waals surface area contributed by atoms with E-state index in [4.69, 9.17) is 25.8 Å². The van der Waals surface area contributed by atoms with Crippen LogP contribution in [0.5, 0.6) is 11.5 Å². The number of sulfone groups is 1. The Hall–Kier alpha value is -6.06. The van der Waals surface area contributed by atoms with E-state index in [0.29, 0.717) is 68.3 Å². The average molecular weight is 1010 g/mol. The number of carbonyl (C=O) groups excluding carboxylic acids is 2. The molecule has 70 heavy (non-hydrogen) atoms. The van der Waals surface area contributed by atoms with Crippen LogP contribution in [0.25, 0.3) is 16.6 Å². The molecule has 3 aromatic carbocycles. The number of piperazine rings is 1. The summed E-state index contributed by atoms with van der Waals surface area (Å²) in [6, 6.07) is 15.4. The smallest absolute Gasteiger partial charge is 0.416 e. The van der Waals surface area contributed by atoms with E-state index in [2.05, 4.69) is 38.9 Å². The highest BCUT2D eigenvalue weighted by Gasteiger charge is 2.34. The molecule has 0 spiro atoms. The van der Waals surface area contributed by atoms with Crippen LogP contribution in [0.15, 0.2) is 89.6 Å². The maximum atomic E-state index is 14.1. The number of nitro groups is 1. The molecule has 5 aromatic rings. The van der Waals surface area contributed by atoms with Crippen molar-refractivity contribution in [3.05, 3.63) is 117 Å². The Kier molecular flexibility index (Phi) is 14.9. The molecule has 1 unspecified atom stereocenters. The second-order valence-corrected chi connectivity index (χ2v) is 20.9. The van der Waals surface area contributed by atoms with Crippen molar-refractivity contribution in [1.82, 2.24) is 19.8 Å². The highest BCUT2D eigenvalue weighted by molar-refractivity contribution is 7.92. The van der Waals surface area contributed by atoms with Crippen LogP contribution in [-0.2, 0) is 30.3 Å². The van der Waals surface area contributed by atoms with Crippen LogP contribution in [0.2, 0.25) is 5.02 Å². The Bertz CT molecular complexity index is 2940. The number of carbonyl (C=O) groups is 2. The Balaban J connectivity index is 0.988. The number of pyridine rings is 1. The third-order valence-electron chi connectivity index (χ3n) is 13.0. The van der Waals surface area contributed by atoms with E-state index >= 15 is 0 Å². The number of aromatic amines is 1. The molecule has 2 aromatic heterocycles. The molecule has 372 valence electrons. The monoisotopic (exact) mass is 1010 g/mol. The summed E-state index contributed by atoms with van der Waals surface area (Å²) in [5, 5.41) is 16.0. The number of hydrogen-bond acceptors (Lipinski definition) is 13. The number of methoxy groups -OCH3 is 1. The number of halogens is 4. The van der Waals surface area contributed by atoms with Crippen LogP contribution < -0.4 is 15.0 Å². The van der Waals surface area contributed by atoms with Gasteiger partial charge in [-0.25, -0.2) is 13.4 Å². The highest BCUT2D eigenvalue weighted by atomic mass is 35.5. The number of rotatable bonds is 16. The van der Waals surface area contributed by atoms with E-state index in [1.54, 1.807) is 35.4 Å². The van der Waals surface area contributed by atoms with Gasteiger partial charge in [-0.3, -0.25) is 24.6 Å². The summed E-state index contributed by atoms with van der Waals surface area (Å²) < 4.78 is 85.3. The van der Waals surface area contributed by atoms with Gasteiger partial charge in [-0.1, -0.05) is 37.1 Å². The minimum absolute atomic E-state index is 0.0277. The second-order valence-electron chi connectivity index (χ2n) is 18.5. The first-order valence-corrected chi connectivity index (χ1v) is 24.8. The van der Waals surface area contributed by atoms with E-state index < -0.39 is 54.7 Å². The number of nitro benzene ring substituents is 1. The molecule has 0 saturated carbocycles. The van der Waals surface area contributed by atoms with E-state index in [1.165, 1.54) is 37.6 Å². The lowest BCUT2D eigenvalue weighted by atomic mass is 9.72. The molecule has 4 heterocycles. The fourth-order valence-corrected chi connectivity index (χ4v) is 10.7. The van der Waals surface area contributed by atoms with Crippen molar-refractivity contribution in [1.29, 1.82) is 0 Å². The lowest BCUT2D eigenvalue weighted by Gasteiger charge is -2.39. The molecule has 2 aliphatic heterocycles. The number of benzene rings is 3. The summed E-state index contributed by atoms with van der Waals surface area (Å²) >= 11 is 6.54. The summed E-state index contributed by atoms with van der Waals surface area (Å²) in [6.45, 7) is 8.23. The van der Waals surface area contributed by atoms with Crippen molar-refractivity contribution in [2.75, 3.05) is 88.7 Å². The van der Waals surface area contributed by atoms with Gasteiger partial charge in [-0.05, 0) is 84.3 Å². The van der Waals surface area contributed by atoms with Gasteiger partial charge in [0.25, 0.3) is 5.69 Å². The molecular weight excluding hydrogens is 955 g/mol. The molecular formula is C49H53ClF3N7O9S. The predicted octanol–water partition coefficient (Wildman–Crippen LogP) is 8.66. The minimum Gasteiger partial charge on any atom is -0.455 e. The van der Waals surface area contributed by atoms with Crippen molar-refractivity contribution in [3.63, 3.8) is 0 Å². The molecule has 2 fully saturated rings. The topological polar surface area (TPSA) is 190 Å². The molecule has 1 atom stereocenters. The Morgan fingerprint density at radius 1 is 1.04 bits per heavy atom. The number of allylic oxidation sites excluding steroid dienone is 1. The van der Waals surface area contributed by atoms with Gasteiger partial charge in [0.2, 0.25) is 5.91 Å². The molecule has 0 radical (unpaired) electrons. The standard InChI is InChI=1S/C49H53ClF3N7O9S/c1-48(2)12-10-32(40(24-48)38-7-4-33(21-41(38)50)49(51,52)53)27-57-14-16-58(17-15-57)34-5-8-39(45(22-34)69-35-20-31-11-13-54-47(31)56-25-35)44(61)30-70(65,66)37-6-9-42(43(23-37)60(63)64)55-26-36-28-59(18-19-68-36)46(62)29-67-3/h4-9,11,13,20-23,25,36,55H,10,12,14-19,24,26-30H2,1-3H3,(H,54,56). The van der Waals surface area contributed by atoms with Crippen LogP contribution >= 0.6 is 11.6 Å². The van der Waals surface area contributed by atoms with Gasteiger partial charge >= 0.3 is 6.18 Å². The number of ketones is 1. The van der Waals surface area contributed by atoms with Gasteiger partial charge in [0.05, 0.1) is 39.9 Å². The molecule has 0 bridgehead atoms. The lowest BCUT2D eigenvalue weighted by molar-refractivity contribution is -0.384. The van der Waals surface area contributed by atoms with Crippen molar-refractivity contribution in [2.24, 2.45) is 5.41 Å². The number of morpholine rings is 1. The van der Waals surface area contributed by atoms with Crippen LogP contribution in [0.3, 0.4) is 0 Å². The molecule has 21 heteroatoms.